The molecule has 3 unspecified atom stereocenters. The Morgan fingerprint density at radius 3 is 2.15 bits per heavy atom. The van der Waals surface area contributed by atoms with E-state index in [9.17, 15) is 0 Å². The molecule has 0 N–H and O–H groups in total. The fraction of sp³-hybridized carbons (Fsp3) is 0.900. The van der Waals surface area contributed by atoms with Gasteiger partial charge in [-0.05, 0) is 80.0 Å². The van der Waals surface area contributed by atoms with Crippen LogP contribution in [0, 0.1) is 35.0 Å². The van der Waals surface area contributed by atoms with Crippen LogP contribution in [0.5, 0.6) is 0 Å². The van der Waals surface area contributed by atoms with E-state index >= 15 is 0 Å². The van der Waals surface area contributed by atoms with Crippen LogP contribution < -0.4 is 0 Å². The summed E-state index contributed by atoms with van der Waals surface area (Å²) >= 11 is 0. The molecule has 114 valence electrons. The van der Waals surface area contributed by atoms with Crippen molar-refractivity contribution in [1.29, 1.82) is 0 Å². The Bertz CT molecular complexity index is 350. The zero-order valence-electron chi connectivity index (χ0n) is 14.0. The Balaban J connectivity index is 1.53. The summed E-state index contributed by atoms with van der Waals surface area (Å²) in [6.07, 6.45) is 13.0. The number of allylic oxidation sites excluding steroid dienone is 1. The van der Waals surface area contributed by atoms with Gasteiger partial charge in [0.1, 0.15) is 0 Å². The van der Waals surface area contributed by atoms with Gasteiger partial charge in [0.2, 0.25) is 0 Å². The normalized spacial score (nSPS) is 47.6. The van der Waals surface area contributed by atoms with Crippen molar-refractivity contribution < 1.29 is 0 Å². The molecule has 0 radical (unpaired) electrons. The summed E-state index contributed by atoms with van der Waals surface area (Å²) in [5, 5.41) is 0. The van der Waals surface area contributed by atoms with Gasteiger partial charge in [-0.3, -0.25) is 0 Å². The average molecular weight is 274 g/mol. The van der Waals surface area contributed by atoms with Crippen LogP contribution in [0.25, 0.3) is 0 Å². The monoisotopic (exact) mass is 274 g/mol. The minimum absolute atomic E-state index is 0.629. The summed E-state index contributed by atoms with van der Waals surface area (Å²) < 4.78 is 0. The van der Waals surface area contributed by atoms with Gasteiger partial charge in [0.25, 0.3) is 0 Å². The summed E-state index contributed by atoms with van der Waals surface area (Å²) in [5.41, 5.74) is 2.20. The number of hydrogen-bond acceptors (Lipinski definition) is 0. The van der Waals surface area contributed by atoms with E-state index in [1.807, 2.05) is 0 Å². The molecule has 4 saturated carbocycles. The van der Waals surface area contributed by atoms with Crippen molar-refractivity contribution >= 4 is 0 Å². The van der Waals surface area contributed by atoms with Crippen molar-refractivity contribution in [2.24, 2.45) is 35.0 Å². The minimum atomic E-state index is 0.629. The van der Waals surface area contributed by atoms with Gasteiger partial charge in [0.05, 0.1) is 0 Å². The molecule has 0 amide bonds. The largest absolute Gasteiger partial charge is 0.0998 e. The molecule has 0 aromatic rings. The van der Waals surface area contributed by atoms with Crippen LogP contribution in [-0.2, 0) is 0 Å². The summed E-state index contributed by atoms with van der Waals surface area (Å²) in [6, 6.07) is 0. The molecule has 4 aliphatic carbocycles. The lowest BCUT2D eigenvalue weighted by atomic mass is 9.72. The predicted molar refractivity (Wildman–Crippen MR) is 87.6 cm³/mol. The van der Waals surface area contributed by atoms with Gasteiger partial charge >= 0.3 is 0 Å². The predicted octanol–water partition coefficient (Wildman–Crippen LogP) is 6.22. The molecule has 0 saturated heterocycles. The molecule has 0 heterocycles. The van der Waals surface area contributed by atoms with Crippen molar-refractivity contribution in [1.82, 2.24) is 0 Å². The van der Waals surface area contributed by atoms with Crippen molar-refractivity contribution in [2.45, 2.75) is 78.6 Å². The van der Waals surface area contributed by atoms with Crippen LogP contribution in [0.4, 0.5) is 0 Å². The van der Waals surface area contributed by atoms with E-state index in [0.717, 1.165) is 29.6 Å². The van der Waals surface area contributed by atoms with E-state index in [4.69, 9.17) is 0 Å². The molecule has 0 aliphatic heterocycles. The zero-order valence-corrected chi connectivity index (χ0v) is 14.0. The SMILES string of the molecule is C=C(CC1CC(C)CCC(C)C1)CC1(C)CC2CC1C2. The first-order valence-corrected chi connectivity index (χ1v) is 9.11. The molecule has 4 aliphatic rings. The highest BCUT2D eigenvalue weighted by atomic mass is 14.6. The third-order valence-electron chi connectivity index (χ3n) is 6.83. The van der Waals surface area contributed by atoms with Crippen LogP contribution in [0.1, 0.15) is 78.6 Å². The molecule has 3 atom stereocenters. The fourth-order valence-corrected chi connectivity index (χ4v) is 5.77. The summed E-state index contributed by atoms with van der Waals surface area (Å²) in [6.45, 7) is 12.0. The first-order chi connectivity index (χ1) is 9.44. The lowest BCUT2D eigenvalue weighted by Crippen LogP contribution is -2.23. The second-order valence-corrected chi connectivity index (χ2v) is 9.15. The van der Waals surface area contributed by atoms with Gasteiger partial charge in [0, 0.05) is 0 Å². The van der Waals surface area contributed by atoms with Crippen molar-refractivity contribution in [3.05, 3.63) is 12.2 Å². The topological polar surface area (TPSA) is 0 Å². The Morgan fingerprint density at radius 2 is 1.65 bits per heavy atom. The Labute approximate surface area is 126 Å². The molecule has 2 bridgehead atoms. The number of rotatable bonds is 4. The second-order valence-electron chi connectivity index (χ2n) is 9.15. The first-order valence-electron chi connectivity index (χ1n) is 9.11. The smallest absolute Gasteiger partial charge is 0.0258 e. The van der Waals surface area contributed by atoms with Gasteiger partial charge in [0.15, 0.2) is 0 Å². The molecular weight excluding hydrogens is 240 g/mol. The molecule has 0 spiro atoms. The first kappa shape index (κ1) is 14.7. The van der Waals surface area contributed by atoms with E-state index in [-0.39, 0.29) is 0 Å². The van der Waals surface area contributed by atoms with Gasteiger partial charge in [-0.25, -0.2) is 0 Å². The molecule has 0 aromatic carbocycles. The van der Waals surface area contributed by atoms with Crippen LogP contribution in [0.15, 0.2) is 12.2 Å². The van der Waals surface area contributed by atoms with Crippen LogP contribution >= 0.6 is 0 Å². The van der Waals surface area contributed by atoms with Gasteiger partial charge < -0.3 is 0 Å². The molecule has 4 fully saturated rings. The maximum atomic E-state index is 4.49. The standard InChI is InChI=1S/C20H34/c1-14-5-6-15(2)8-17(7-14)9-16(3)12-20(4)13-18-10-19(20)11-18/h14-15,17-19H,3,5-13H2,1-2,4H3. The second kappa shape index (κ2) is 5.50. The fourth-order valence-electron chi connectivity index (χ4n) is 5.77. The Hall–Kier alpha value is -0.260. The Kier molecular flexibility index (Phi) is 4.04. The zero-order chi connectivity index (χ0) is 14.3. The summed E-state index contributed by atoms with van der Waals surface area (Å²) in [7, 11) is 0. The quantitative estimate of drug-likeness (QED) is 0.421. The average Bonchev–Trinajstić information content (AvgIpc) is 2.70. The van der Waals surface area contributed by atoms with Crippen molar-refractivity contribution in [3.8, 4) is 0 Å². The molecule has 0 nitrogen and oxygen atoms in total. The highest BCUT2D eigenvalue weighted by molar-refractivity contribution is 5.10. The molecule has 0 aromatic heterocycles. The molecular formula is C20H34. The molecule has 20 heavy (non-hydrogen) atoms. The van der Waals surface area contributed by atoms with Crippen LogP contribution in [0.3, 0.4) is 0 Å². The van der Waals surface area contributed by atoms with E-state index in [1.54, 1.807) is 5.57 Å². The van der Waals surface area contributed by atoms with Crippen LogP contribution in [-0.4, -0.2) is 0 Å². The minimum Gasteiger partial charge on any atom is -0.0998 e. The lowest BCUT2D eigenvalue weighted by molar-refractivity contribution is 0.200. The van der Waals surface area contributed by atoms with Crippen molar-refractivity contribution in [3.63, 3.8) is 0 Å². The number of fused-ring (bicyclic) bond motifs is 1. The Morgan fingerprint density at radius 1 is 1.05 bits per heavy atom. The lowest BCUT2D eigenvalue weighted by Gasteiger charge is -2.33. The van der Waals surface area contributed by atoms with Crippen LogP contribution in [0.2, 0.25) is 0 Å². The third-order valence-corrected chi connectivity index (χ3v) is 6.83. The molecule has 0 heteroatoms. The van der Waals surface area contributed by atoms with Gasteiger partial charge in [-0.2, -0.15) is 0 Å². The van der Waals surface area contributed by atoms with Crippen molar-refractivity contribution in [2.75, 3.05) is 0 Å². The highest BCUT2D eigenvalue weighted by Crippen LogP contribution is 2.62. The summed E-state index contributed by atoms with van der Waals surface area (Å²) in [4.78, 5) is 0. The summed E-state index contributed by atoms with van der Waals surface area (Å²) in [5.74, 6) is 4.92. The van der Waals surface area contributed by atoms with Gasteiger partial charge in [-0.1, -0.05) is 45.8 Å². The maximum Gasteiger partial charge on any atom is -0.0258 e. The third kappa shape index (κ3) is 3.00. The van der Waals surface area contributed by atoms with Gasteiger partial charge in [-0.15, -0.1) is 0 Å². The van der Waals surface area contributed by atoms with E-state index in [1.165, 1.54) is 57.8 Å². The number of hydrogen-bond donors (Lipinski definition) is 0. The molecule has 4 rings (SSSR count). The maximum absolute atomic E-state index is 4.49. The van der Waals surface area contributed by atoms with E-state index < -0.39 is 0 Å². The van der Waals surface area contributed by atoms with E-state index in [0.29, 0.717) is 5.41 Å². The van der Waals surface area contributed by atoms with E-state index in [2.05, 4.69) is 27.4 Å². The highest BCUT2D eigenvalue weighted by Gasteiger charge is 2.51.